The fraction of sp³-hybridized carbons (Fsp3) is 0.400. The van der Waals surface area contributed by atoms with Crippen LogP contribution in [0.3, 0.4) is 0 Å². The number of nitrogens with one attached hydrogen (secondary N) is 2. The Balaban J connectivity index is 2.16. The van der Waals surface area contributed by atoms with Gasteiger partial charge in [-0.15, -0.1) is 6.42 Å². The molecule has 0 heterocycles. The van der Waals surface area contributed by atoms with E-state index >= 15 is 0 Å². The second-order valence-electron chi connectivity index (χ2n) is 5.02. The van der Waals surface area contributed by atoms with Crippen LogP contribution in [0.15, 0.2) is 29.2 Å². The molecule has 0 spiro atoms. The van der Waals surface area contributed by atoms with E-state index in [1.165, 1.54) is 12.1 Å². The van der Waals surface area contributed by atoms with Gasteiger partial charge in [0.05, 0.1) is 11.4 Å². The van der Waals surface area contributed by atoms with E-state index in [1.54, 1.807) is 12.1 Å². The third kappa shape index (κ3) is 4.06. The monoisotopic (exact) mass is 306 g/mol. The summed E-state index contributed by atoms with van der Waals surface area (Å²) in [5, 5.41) is 2.51. The Bertz CT molecular complexity index is 656. The van der Waals surface area contributed by atoms with Crippen LogP contribution in [0.4, 0.5) is 0 Å². The molecule has 0 bridgehead atoms. The third-order valence-electron chi connectivity index (χ3n) is 3.43. The Kier molecular flexibility index (Phi) is 4.99. The second-order valence-corrected chi connectivity index (χ2v) is 6.73. The summed E-state index contributed by atoms with van der Waals surface area (Å²) in [6, 6.07) is 5.95. The standard InChI is InChI=1S/C15H18N2O3S/c1-2-10-16-15(18)12-6-5-9-14(11-12)21(19,20)17-13-7-3-4-8-13/h1,5-6,9,11,13,17H,3-4,7-8,10H2,(H,16,18). The van der Waals surface area contributed by atoms with Crippen molar-refractivity contribution in [3.63, 3.8) is 0 Å². The van der Waals surface area contributed by atoms with E-state index in [1.807, 2.05) is 0 Å². The summed E-state index contributed by atoms with van der Waals surface area (Å²) in [5.41, 5.74) is 0.277. The smallest absolute Gasteiger partial charge is 0.252 e. The van der Waals surface area contributed by atoms with Crippen molar-refractivity contribution in [1.82, 2.24) is 10.0 Å². The van der Waals surface area contributed by atoms with Crippen LogP contribution >= 0.6 is 0 Å². The molecule has 2 N–H and O–H groups in total. The molecule has 21 heavy (non-hydrogen) atoms. The lowest BCUT2D eigenvalue weighted by Gasteiger charge is -2.13. The molecule has 6 heteroatoms. The van der Waals surface area contributed by atoms with E-state index in [4.69, 9.17) is 6.42 Å². The van der Waals surface area contributed by atoms with Crippen molar-refractivity contribution in [1.29, 1.82) is 0 Å². The van der Waals surface area contributed by atoms with Gasteiger partial charge in [-0.1, -0.05) is 24.8 Å². The van der Waals surface area contributed by atoms with E-state index in [0.717, 1.165) is 25.7 Å². The topological polar surface area (TPSA) is 75.3 Å². The fourth-order valence-corrected chi connectivity index (χ4v) is 3.72. The molecule has 2 rings (SSSR count). The Hall–Kier alpha value is -1.84. The van der Waals surface area contributed by atoms with E-state index in [-0.39, 0.29) is 29.0 Å². The molecule has 0 radical (unpaired) electrons. The van der Waals surface area contributed by atoms with Gasteiger partial charge in [-0.2, -0.15) is 0 Å². The van der Waals surface area contributed by atoms with Crippen molar-refractivity contribution in [2.75, 3.05) is 6.54 Å². The van der Waals surface area contributed by atoms with E-state index in [2.05, 4.69) is 16.0 Å². The van der Waals surface area contributed by atoms with Crippen molar-refractivity contribution < 1.29 is 13.2 Å². The van der Waals surface area contributed by atoms with Crippen LogP contribution in [0.1, 0.15) is 36.0 Å². The van der Waals surface area contributed by atoms with Crippen molar-refractivity contribution >= 4 is 15.9 Å². The minimum atomic E-state index is -3.59. The number of rotatable bonds is 5. The number of terminal acetylenes is 1. The largest absolute Gasteiger partial charge is 0.341 e. The number of carbonyl (C=O) groups excluding carboxylic acids is 1. The zero-order valence-electron chi connectivity index (χ0n) is 11.6. The number of carbonyl (C=O) groups is 1. The van der Waals surface area contributed by atoms with Crippen molar-refractivity contribution in [3.05, 3.63) is 29.8 Å². The highest BCUT2D eigenvalue weighted by molar-refractivity contribution is 7.89. The molecule has 1 aromatic carbocycles. The first-order valence-corrected chi connectivity index (χ1v) is 8.35. The van der Waals surface area contributed by atoms with Gasteiger partial charge in [0, 0.05) is 11.6 Å². The summed E-state index contributed by atoms with van der Waals surface area (Å²) in [7, 11) is -3.59. The number of benzene rings is 1. The summed E-state index contributed by atoms with van der Waals surface area (Å²) in [5.74, 6) is 1.92. The molecule has 5 nitrogen and oxygen atoms in total. The lowest BCUT2D eigenvalue weighted by molar-refractivity contribution is 0.0958. The zero-order chi connectivity index (χ0) is 15.3. The SMILES string of the molecule is C#CCNC(=O)c1cccc(S(=O)(=O)NC2CCCC2)c1. The maximum absolute atomic E-state index is 12.3. The molecule has 0 unspecified atom stereocenters. The van der Waals surface area contributed by atoms with Gasteiger partial charge in [-0.05, 0) is 31.0 Å². The normalized spacial score (nSPS) is 15.6. The number of amides is 1. The molecule has 0 aromatic heterocycles. The molecular formula is C15H18N2O3S. The number of hydrogen-bond acceptors (Lipinski definition) is 3. The predicted molar refractivity (Wildman–Crippen MR) is 80.2 cm³/mol. The van der Waals surface area contributed by atoms with E-state index in [9.17, 15) is 13.2 Å². The van der Waals surface area contributed by atoms with Gasteiger partial charge in [0.1, 0.15) is 0 Å². The first-order valence-electron chi connectivity index (χ1n) is 6.87. The first-order chi connectivity index (χ1) is 10.0. The van der Waals surface area contributed by atoms with Crippen LogP contribution in [0.2, 0.25) is 0 Å². The zero-order valence-corrected chi connectivity index (χ0v) is 12.4. The highest BCUT2D eigenvalue weighted by Gasteiger charge is 2.23. The summed E-state index contributed by atoms with van der Waals surface area (Å²) in [6.07, 6.45) is 8.89. The molecule has 1 saturated carbocycles. The molecule has 112 valence electrons. The summed E-state index contributed by atoms with van der Waals surface area (Å²) in [6.45, 7) is 0.107. The molecule has 1 aliphatic carbocycles. The molecule has 0 saturated heterocycles. The molecular weight excluding hydrogens is 288 g/mol. The van der Waals surface area contributed by atoms with Crippen molar-refractivity contribution in [2.24, 2.45) is 0 Å². The molecule has 0 aliphatic heterocycles. The van der Waals surface area contributed by atoms with Crippen LogP contribution in [-0.2, 0) is 10.0 Å². The van der Waals surface area contributed by atoms with Gasteiger partial charge in [-0.25, -0.2) is 13.1 Å². The van der Waals surface area contributed by atoms with E-state index in [0.29, 0.717) is 0 Å². The van der Waals surface area contributed by atoms with Gasteiger partial charge in [0.25, 0.3) is 5.91 Å². The molecule has 1 aromatic rings. The Morgan fingerprint density at radius 2 is 2.05 bits per heavy atom. The lowest BCUT2D eigenvalue weighted by Crippen LogP contribution is -2.33. The van der Waals surface area contributed by atoms with Gasteiger partial charge < -0.3 is 5.32 Å². The minimum absolute atomic E-state index is 0.00563. The van der Waals surface area contributed by atoms with Crippen LogP contribution in [-0.4, -0.2) is 26.9 Å². The minimum Gasteiger partial charge on any atom is -0.341 e. The van der Waals surface area contributed by atoms with Gasteiger partial charge >= 0.3 is 0 Å². The number of sulfonamides is 1. The van der Waals surface area contributed by atoms with Gasteiger partial charge in [-0.3, -0.25) is 4.79 Å². The van der Waals surface area contributed by atoms with Crippen LogP contribution in [0, 0.1) is 12.3 Å². The molecule has 1 amide bonds. The average Bonchev–Trinajstić information content (AvgIpc) is 2.97. The summed E-state index contributed by atoms with van der Waals surface area (Å²) >= 11 is 0. The number of hydrogen-bond donors (Lipinski definition) is 2. The maximum atomic E-state index is 12.3. The molecule has 1 fully saturated rings. The Morgan fingerprint density at radius 1 is 1.33 bits per heavy atom. The summed E-state index contributed by atoms with van der Waals surface area (Å²) < 4.78 is 27.3. The molecule has 1 aliphatic rings. The maximum Gasteiger partial charge on any atom is 0.252 e. The van der Waals surface area contributed by atoms with Crippen molar-refractivity contribution in [3.8, 4) is 12.3 Å². The second kappa shape index (κ2) is 6.74. The van der Waals surface area contributed by atoms with Crippen molar-refractivity contribution in [2.45, 2.75) is 36.6 Å². The predicted octanol–water partition coefficient (Wildman–Crippen LogP) is 1.27. The van der Waals surface area contributed by atoms with E-state index < -0.39 is 10.0 Å². The Morgan fingerprint density at radius 3 is 2.71 bits per heavy atom. The fourth-order valence-electron chi connectivity index (χ4n) is 2.37. The van der Waals surface area contributed by atoms with Crippen LogP contribution < -0.4 is 10.0 Å². The molecule has 0 atom stereocenters. The highest BCUT2D eigenvalue weighted by Crippen LogP contribution is 2.20. The first kappa shape index (κ1) is 15.5. The van der Waals surface area contributed by atoms with Gasteiger partial charge in [0.15, 0.2) is 0 Å². The highest BCUT2D eigenvalue weighted by atomic mass is 32.2. The lowest BCUT2D eigenvalue weighted by atomic mass is 10.2. The Labute approximate surface area is 125 Å². The third-order valence-corrected chi connectivity index (χ3v) is 4.95. The van der Waals surface area contributed by atoms with Gasteiger partial charge in [0.2, 0.25) is 10.0 Å². The van der Waals surface area contributed by atoms with Crippen LogP contribution in [0.25, 0.3) is 0 Å². The quantitative estimate of drug-likeness (QED) is 0.805. The van der Waals surface area contributed by atoms with Crippen LogP contribution in [0.5, 0.6) is 0 Å². The summed E-state index contributed by atoms with van der Waals surface area (Å²) in [4.78, 5) is 11.9. The average molecular weight is 306 g/mol.